The largest absolute Gasteiger partial charge is 0.496 e. The molecule has 0 bridgehead atoms. The van der Waals surface area contributed by atoms with Crippen molar-refractivity contribution in [3.05, 3.63) is 63.0 Å². The number of thiazole rings is 1. The van der Waals surface area contributed by atoms with Gasteiger partial charge in [-0.15, -0.1) is 23.7 Å². The Labute approximate surface area is 168 Å². The summed E-state index contributed by atoms with van der Waals surface area (Å²) < 4.78 is 7.23. The Kier molecular flexibility index (Phi) is 6.16. The first kappa shape index (κ1) is 19.8. The van der Waals surface area contributed by atoms with Crippen molar-refractivity contribution in [2.45, 2.75) is 19.5 Å². The molecule has 4 rings (SSSR count). The molecule has 0 amide bonds. The highest BCUT2D eigenvalue weighted by molar-refractivity contribution is 7.15. The van der Waals surface area contributed by atoms with Crippen molar-refractivity contribution < 1.29 is 4.74 Å². The number of halogens is 1. The maximum Gasteiger partial charge on any atom is 0.259 e. The van der Waals surface area contributed by atoms with Gasteiger partial charge in [0.1, 0.15) is 5.75 Å². The minimum atomic E-state index is -0.00674. The van der Waals surface area contributed by atoms with Gasteiger partial charge in [-0.1, -0.05) is 18.2 Å². The van der Waals surface area contributed by atoms with Crippen LogP contribution in [0.15, 0.2) is 40.5 Å². The second kappa shape index (κ2) is 8.39. The zero-order valence-corrected chi connectivity index (χ0v) is 17.0. The molecule has 0 radical (unpaired) electrons. The summed E-state index contributed by atoms with van der Waals surface area (Å²) in [4.78, 5) is 20.3. The van der Waals surface area contributed by atoms with E-state index in [9.17, 15) is 4.79 Å². The van der Waals surface area contributed by atoms with Crippen LogP contribution in [0.4, 0.5) is 0 Å². The SMILES string of the molecule is COc1ccccc1C1CNCCN1Cc1cc(=O)n2c(C)csc2n1.Cl. The molecule has 27 heavy (non-hydrogen) atoms. The minimum absolute atomic E-state index is 0. The number of hydrogen-bond acceptors (Lipinski definition) is 6. The van der Waals surface area contributed by atoms with Crippen molar-refractivity contribution in [3.8, 4) is 5.75 Å². The zero-order chi connectivity index (χ0) is 18.1. The number of aryl methyl sites for hydroxylation is 1. The first-order valence-electron chi connectivity index (χ1n) is 8.72. The van der Waals surface area contributed by atoms with E-state index in [0.29, 0.717) is 6.54 Å². The van der Waals surface area contributed by atoms with Crippen LogP contribution in [0.5, 0.6) is 5.75 Å². The van der Waals surface area contributed by atoms with Crippen LogP contribution in [-0.4, -0.2) is 41.0 Å². The summed E-state index contributed by atoms with van der Waals surface area (Å²) in [5, 5.41) is 5.43. The molecular formula is C19H23ClN4O2S. The topological polar surface area (TPSA) is 58.9 Å². The molecule has 1 aliphatic rings. The Morgan fingerprint density at radius 3 is 3.00 bits per heavy atom. The van der Waals surface area contributed by atoms with Crippen LogP contribution >= 0.6 is 23.7 Å². The molecule has 1 saturated heterocycles. The molecule has 0 spiro atoms. The normalized spacial score (nSPS) is 17.6. The molecule has 1 aromatic carbocycles. The van der Waals surface area contributed by atoms with E-state index in [1.54, 1.807) is 17.6 Å². The summed E-state index contributed by atoms with van der Waals surface area (Å²) in [6.07, 6.45) is 0. The molecule has 2 aromatic heterocycles. The number of nitrogens with one attached hydrogen (secondary N) is 1. The maximum absolute atomic E-state index is 12.5. The van der Waals surface area contributed by atoms with Gasteiger partial charge in [0.25, 0.3) is 5.56 Å². The smallest absolute Gasteiger partial charge is 0.259 e. The molecule has 8 heteroatoms. The monoisotopic (exact) mass is 406 g/mol. The molecule has 1 fully saturated rings. The molecule has 1 atom stereocenters. The fourth-order valence-corrected chi connectivity index (χ4v) is 4.46. The maximum atomic E-state index is 12.5. The summed E-state index contributed by atoms with van der Waals surface area (Å²) in [5.41, 5.74) is 2.90. The number of hydrogen-bond donors (Lipinski definition) is 1. The third kappa shape index (κ3) is 3.87. The standard InChI is InChI=1S/C19H22N4O2S.ClH/c1-13-12-26-19-21-14(9-18(24)23(13)19)11-22-8-7-20-10-16(22)15-5-3-4-6-17(15)25-2;/h3-6,9,12,16,20H,7-8,10-11H2,1-2H3;1H. The quantitative estimate of drug-likeness (QED) is 0.721. The van der Waals surface area contributed by atoms with E-state index in [1.165, 1.54) is 11.3 Å². The Morgan fingerprint density at radius 1 is 1.37 bits per heavy atom. The lowest BCUT2D eigenvalue weighted by molar-refractivity contribution is 0.149. The Morgan fingerprint density at radius 2 is 2.19 bits per heavy atom. The van der Waals surface area contributed by atoms with Crippen molar-refractivity contribution in [2.75, 3.05) is 26.7 Å². The highest BCUT2D eigenvalue weighted by atomic mass is 35.5. The molecule has 0 aliphatic carbocycles. The molecule has 3 heterocycles. The highest BCUT2D eigenvalue weighted by Crippen LogP contribution is 2.31. The van der Waals surface area contributed by atoms with Gasteiger partial charge in [0, 0.05) is 48.9 Å². The third-order valence-electron chi connectivity index (χ3n) is 4.85. The molecule has 1 unspecified atom stereocenters. The number of rotatable bonds is 4. The summed E-state index contributed by atoms with van der Waals surface area (Å²) in [6.45, 7) is 5.24. The van der Waals surface area contributed by atoms with E-state index < -0.39 is 0 Å². The Hall–Kier alpha value is -1.93. The van der Waals surface area contributed by atoms with E-state index in [4.69, 9.17) is 9.72 Å². The summed E-state index contributed by atoms with van der Waals surface area (Å²) in [5.74, 6) is 0.892. The van der Waals surface area contributed by atoms with Gasteiger partial charge in [-0.2, -0.15) is 0 Å². The van der Waals surface area contributed by atoms with Crippen LogP contribution in [0.25, 0.3) is 4.96 Å². The summed E-state index contributed by atoms with van der Waals surface area (Å²) in [7, 11) is 1.70. The van der Waals surface area contributed by atoms with Crippen LogP contribution in [-0.2, 0) is 6.54 Å². The van der Waals surface area contributed by atoms with Crippen molar-refractivity contribution in [1.29, 1.82) is 0 Å². The first-order valence-corrected chi connectivity index (χ1v) is 9.60. The lowest BCUT2D eigenvalue weighted by atomic mass is 10.0. The van der Waals surface area contributed by atoms with Crippen molar-refractivity contribution in [2.24, 2.45) is 0 Å². The highest BCUT2D eigenvalue weighted by Gasteiger charge is 2.26. The Balaban J connectivity index is 0.00000210. The molecule has 0 saturated carbocycles. The second-order valence-corrected chi connectivity index (χ2v) is 7.35. The van der Waals surface area contributed by atoms with E-state index in [1.807, 2.05) is 30.5 Å². The number of nitrogens with zero attached hydrogens (tertiary/aromatic N) is 3. The van der Waals surface area contributed by atoms with Gasteiger partial charge in [-0.25, -0.2) is 4.98 Å². The average Bonchev–Trinajstić information content (AvgIpc) is 3.03. The van der Waals surface area contributed by atoms with Gasteiger partial charge in [0.2, 0.25) is 0 Å². The van der Waals surface area contributed by atoms with Crippen molar-refractivity contribution in [1.82, 2.24) is 19.6 Å². The van der Waals surface area contributed by atoms with Gasteiger partial charge in [-0.05, 0) is 13.0 Å². The second-order valence-electron chi connectivity index (χ2n) is 6.51. The van der Waals surface area contributed by atoms with Gasteiger partial charge < -0.3 is 10.1 Å². The van der Waals surface area contributed by atoms with Gasteiger partial charge >= 0.3 is 0 Å². The molecule has 144 valence electrons. The first-order chi connectivity index (χ1) is 12.7. The molecule has 1 aliphatic heterocycles. The van der Waals surface area contributed by atoms with Gasteiger partial charge in [-0.3, -0.25) is 14.1 Å². The number of aromatic nitrogens is 2. The van der Waals surface area contributed by atoms with Crippen LogP contribution in [0.2, 0.25) is 0 Å². The van der Waals surface area contributed by atoms with E-state index >= 15 is 0 Å². The lowest BCUT2D eigenvalue weighted by Gasteiger charge is -2.36. The van der Waals surface area contributed by atoms with Gasteiger partial charge in [0.05, 0.1) is 18.8 Å². The number of para-hydroxylation sites is 1. The predicted molar refractivity (Wildman–Crippen MR) is 110 cm³/mol. The predicted octanol–water partition coefficient (Wildman–Crippen LogP) is 2.64. The van der Waals surface area contributed by atoms with Crippen molar-refractivity contribution >= 4 is 28.7 Å². The number of piperazine rings is 1. The lowest BCUT2D eigenvalue weighted by Crippen LogP contribution is -2.45. The van der Waals surface area contributed by atoms with Crippen LogP contribution in [0, 0.1) is 6.92 Å². The number of fused-ring (bicyclic) bond motifs is 1. The average molecular weight is 407 g/mol. The van der Waals surface area contributed by atoms with Crippen LogP contribution in [0.1, 0.15) is 23.0 Å². The van der Waals surface area contributed by atoms with E-state index in [-0.39, 0.29) is 24.0 Å². The van der Waals surface area contributed by atoms with Crippen molar-refractivity contribution in [3.63, 3.8) is 0 Å². The fourth-order valence-electron chi connectivity index (χ4n) is 3.57. The summed E-state index contributed by atoms with van der Waals surface area (Å²) in [6, 6.07) is 9.97. The summed E-state index contributed by atoms with van der Waals surface area (Å²) >= 11 is 1.51. The Bertz CT molecular complexity index is 987. The van der Waals surface area contributed by atoms with Crippen LogP contribution < -0.4 is 15.6 Å². The number of ether oxygens (including phenoxy) is 1. The van der Waals surface area contributed by atoms with E-state index in [2.05, 4.69) is 16.3 Å². The van der Waals surface area contributed by atoms with Crippen LogP contribution in [0.3, 0.4) is 0 Å². The molecule has 3 aromatic rings. The molecule has 6 nitrogen and oxygen atoms in total. The molecule has 1 N–H and O–H groups in total. The zero-order valence-electron chi connectivity index (χ0n) is 15.3. The fraction of sp³-hybridized carbons (Fsp3) is 0.368. The van der Waals surface area contributed by atoms with Gasteiger partial charge in [0.15, 0.2) is 4.96 Å². The van der Waals surface area contributed by atoms with E-state index in [0.717, 1.165) is 47.3 Å². The minimum Gasteiger partial charge on any atom is -0.496 e. The number of benzene rings is 1. The third-order valence-corrected chi connectivity index (χ3v) is 5.79. The molecular weight excluding hydrogens is 384 g/mol. The number of methoxy groups -OCH3 is 1.